The van der Waals surface area contributed by atoms with Crippen molar-refractivity contribution in [2.24, 2.45) is 0 Å². The highest BCUT2D eigenvalue weighted by Gasteiger charge is 2.38. The van der Waals surface area contributed by atoms with E-state index in [0.717, 1.165) is 0 Å². The quantitative estimate of drug-likeness (QED) is 0.568. The molecule has 3 saturated heterocycles. The van der Waals surface area contributed by atoms with Crippen LogP contribution < -0.4 is 0 Å². The van der Waals surface area contributed by atoms with Gasteiger partial charge in [0.15, 0.2) is 0 Å². The van der Waals surface area contributed by atoms with Gasteiger partial charge in [-0.3, -0.25) is 0 Å². The van der Waals surface area contributed by atoms with E-state index in [-0.39, 0.29) is 0 Å². The minimum Gasteiger partial charge on any atom is -0.303 e. The lowest BCUT2D eigenvalue weighted by Gasteiger charge is -2.47. The Balaban J connectivity index is 2.08. The van der Waals surface area contributed by atoms with Crippen LogP contribution in [-0.4, -0.2) is 35.5 Å². The monoisotopic (exact) mass is 157 g/mol. The fourth-order valence-electron chi connectivity index (χ4n) is 2.10. The van der Waals surface area contributed by atoms with Crippen LogP contribution >= 0.6 is 11.8 Å². The van der Waals surface area contributed by atoms with E-state index < -0.39 is 0 Å². The lowest BCUT2D eigenvalue weighted by atomic mass is 9.87. The predicted molar refractivity (Wildman–Crippen MR) is 46.5 cm³/mol. The van der Waals surface area contributed by atoms with Gasteiger partial charge in [-0.15, -0.1) is 0 Å². The van der Waals surface area contributed by atoms with Gasteiger partial charge in [-0.25, -0.2) is 0 Å². The lowest BCUT2D eigenvalue weighted by Crippen LogP contribution is -2.50. The van der Waals surface area contributed by atoms with Crippen LogP contribution in [0.1, 0.15) is 19.3 Å². The smallest absolute Gasteiger partial charge is 0.0193 e. The first kappa shape index (κ1) is 6.99. The first-order valence-electron chi connectivity index (χ1n) is 4.12. The molecule has 0 radical (unpaired) electrons. The van der Waals surface area contributed by atoms with Gasteiger partial charge in [0.25, 0.3) is 0 Å². The maximum atomic E-state index is 2.60. The zero-order valence-corrected chi connectivity index (χ0v) is 7.41. The van der Waals surface area contributed by atoms with Gasteiger partial charge in [0.1, 0.15) is 0 Å². The Labute approximate surface area is 67.2 Å². The molecule has 0 aliphatic carbocycles. The van der Waals surface area contributed by atoms with E-state index in [1.54, 1.807) is 0 Å². The largest absolute Gasteiger partial charge is 0.303 e. The van der Waals surface area contributed by atoms with Crippen molar-refractivity contribution in [3.05, 3.63) is 0 Å². The SMILES string of the molecule is CSC12CCN(CC1)CC2. The first-order valence-corrected chi connectivity index (χ1v) is 5.35. The topological polar surface area (TPSA) is 3.24 Å². The number of hydrogen-bond acceptors (Lipinski definition) is 2. The van der Waals surface area contributed by atoms with Gasteiger partial charge in [0, 0.05) is 4.75 Å². The Morgan fingerprint density at radius 3 is 1.90 bits per heavy atom. The number of rotatable bonds is 1. The molecule has 3 aliphatic heterocycles. The molecule has 0 aromatic rings. The fourth-order valence-corrected chi connectivity index (χ4v) is 2.99. The molecule has 3 rings (SSSR count). The van der Waals surface area contributed by atoms with Gasteiger partial charge in [0.05, 0.1) is 0 Å². The number of thioether (sulfide) groups is 1. The Hall–Kier alpha value is 0.310. The summed E-state index contributed by atoms with van der Waals surface area (Å²) in [5.74, 6) is 0. The summed E-state index contributed by atoms with van der Waals surface area (Å²) < 4.78 is 0.703. The van der Waals surface area contributed by atoms with Crippen LogP contribution in [0.4, 0.5) is 0 Å². The average Bonchev–Trinajstić information content (AvgIpc) is 2.08. The van der Waals surface area contributed by atoms with E-state index in [0.29, 0.717) is 4.75 Å². The van der Waals surface area contributed by atoms with Crippen molar-refractivity contribution in [2.45, 2.75) is 24.0 Å². The van der Waals surface area contributed by atoms with Crippen LogP contribution in [0.5, 0.6) is 0 Å². The van der Waals surface area contributed by atoms with E-state index in [4.69, 9.17) is 0 Å². The molecule has 2 bridgehead atoms. The maximum absolute atomic E-state index is 2.60. The maximum Gasteiger partial charge on any atom is 0.0193 e. The van der Waals surface area contributed by atoms with E-state index in [9.17, 15) is 0 Å². The minimum absolute atomic E-state index is 0.703. The Bertz CT molecular complexity index is 113. The predicted octanol–water partition coefficient (Wildman–Crippen LogP) is 1.59. The van der Waals surface area contributed by atoms with Crippen molar-refractivity contribution in [1.82, 2.24) is 4.90 Å². The van der Waals surface area contributed by atoms with Crippen LogP contribution in [0.25, 0.3) is 0 Å². The minimum atomic E-state index is 0.703. The number of piperidine rings is 3. The third kappa shape index (κ3) is 0.978. The third-order valence-corrected chi connectivity index (χ3v) is 4.56. The van der Waals surface area contributed by atoms with Crippen molar-refractivity contribution in [1.29, 1.82) is 0 Å². The summed E-state index contributed by atoms with van der Waals surface area (Å²) in [4.78, 5) is 2.60. The lowest BCUT2D eigenvalue weighted by molar-refractivity contribution is 0.131. The van der Waals surface area contributed by atoms with Gasteiger partial charge in [-0.1, -0.05) is 0 Å². The van der Waals surface area contributed by atoms with Crippen molar-refractivity contribution in [3.8, 4) is 0 Å². The number of nitrogens with zero attached hydrogens (tertiary/aromatic N) is 1. The van der Waals surface area contributed by atoms with Crippen molar-refractivity contribution in [2.75, 3.05) is 25.9 Å². The van der Waals surface area contributed by atoms with Crippen molar-refractivity contribution < 1.29 is 0 Å². The van der Waals surface area contributed by atoms with Crippen LogP contribution in [-0.2, 0) is 0 Å². The van der Waals surface area contributed by atoms with Crippen molar-refractivity contribution >= 4 is 11.8 Å². The highest BCUT2D eigenvalue weighted by molar-refractivity contribution is 8.00. The van der Waals surface area contributed by atoms with Crippen LogP contribution in [0.3, 0.4) is 0 Å². The summed E-state index contributed by atoms with van der Waals surface area (Å²) in [6.45, 7) is 4.09. The zero-order chi connectivity index (χ0) is 7.03. The highest BCUT2D eigenvalue weighted by atomic mass is 32.2. The second-order valence-electron chi connectivity index (χ2n) is 3.48. The highest BCUT2D eigenvalue weighted by Crippen LogP contribution is 2.41. The van der Waals surface area contributed by atoms with Crippen LogP contribution in [0.15, 0.2) is 0 Å². The average molecular weight is 157 g/mol. The van der Waals surface area contributed by atoms with Gasteiger partial charge >= 0.3 is 0 Å². The zero-order valence-electron chi connectivity index (χ0n) is 6.60. The van der Waals surface area contributed by atoms with E-state index in [2.05, 4.69) is 22.9 Å². The molecule has 0 aromatic carbocycles. The van der Waals surface area contributed by atoms with Gasteiger partial charge in [-0.05, 0) is 45.2 Å². The van der Waals surface area contributed by atoms with E-state index >= 15 is 0 Å². The Morgan fingerprint density at radius 2 is 1.60 bits per heavy atom. The Kier molecular flexibility index (Phi) is 1.69. The summed E-state index contributed by atoms with van der Waals surface area (Å²) in [5.41, 5.74) is 0. The van der Waals surface area contributed by atoms with Gasteiger partial charge < -0.3 is 4.90 Å². The third-order valence-electron chi connectivity index (χ3n) is 3.08. The van der Waals surface area contributed by atoms with E-state index in [1.807, 2.05) is 0 Å². The molecule has 58 valence electrons. The summed E-state index contributed by atoms with van der Waals surface area (Å²) in [6.07, 6.45) is 6.59. The second kappa shape index (κ2) is 2.42. The standard InChI is InChI=1S/C8H15NS/c1-10-8-2-5-9(6-3-8)7-4-8/h2-7H2,1H3. The molecule has 3 fully saturated rings. The summed E-state index contributed by atoms with van der Waals surface area (Å²) in [5, 5.41) is 0. The molecule has 0 atom stereocenters. The molecule has 2 heteroatoms. The summed E-state index contributed by atoms with van der Waals surface area (Å²) in [6, 6.07) is 0. The summed E-state index contributed by atoms with van der Waals surface area (Å²) in [7, 11) is 0. The molecule has 0 spiro atoms. The fraction of sp³-hybridized carbons (Fsp3) is 1.00. The van der Waals surface area contributed by atoms with Crippen molar-refractivity contribution in [3.63, 3.8) is 0 Å². The van der Waals surface area contributed by atoms with E-state index in [1.165, 1.54) is 38.9 Å². The normalized spacial score (nSPS) is 45.9. The molecule has 0 N–H and O–H groups in total. The first-order chi connectivity index (χ1) is 4.85. The van der Waals surface area contributed by atoms with Gasteiger partial charge in [0.2, 0.25) is 0 Å². The molecule has 3 aliphatic rings. The van der Waals surface area contributed by atoms with Gasteiger partial charge in [-0.2, -0.15) is 11.8 Å². The molecule has 0 aromatic heterocycles. The molecular formula is C8H15NS. The summed E-state index contributed by atoms with van der Waals surface area (Å²) >= 11 is 2.10. The molecule has 10 heavy (non-hydrogen) atoms. The molecule has 0 saturated carbocycles. The number of fused-ring (bicyclic) bond motifs is 3. The molecule has 3 heterocycles. The molecular weight excluding hydrogens is 142 g/mol. The molecule has 1 nitrogen and oxygen atoms in total. The Morgan fingerprint density at radius 1 is 1.10 bits per heavy atom. The number of hydrogen-bond donors (Lipinski definition) is 0. The molecule has 0 amide bonds. The second-order valence-corrected chi connectivity index (χ2v) is 4.75. The van der Waals surface area contributed by atoms with Crippen LogP contribution in [0, 0.1) is 0 Å². The molecule has 0 unspecified atom stereocenters. The van der Waals surface area contributed by atoms with Crippen LogP contribution in [0.2, 0.25) is 0 Å².